The molecular formula is C16H22N4O3. The number of benzene rings is 1. The van der Waals surface area contributed by atoms with E-state index in [-0.39, 0.29) is 12.8 Å². The number of aromatic nitrogens is 3. The van der Waals surface area contributed by atoms with Crippen LogP contribution >= 0.6 is 0 Å². The van der Waals surface area contributed by atoms with Crippen molar-refractivity contribution < 1.29 is 14.6 Å². The average Bonchev–Trinajstić information content (AvgIpc) is 3.10. The van der Waals surface area contributed by atoms with Crippen LogP contribution in [0.1, 0.15) is 22.3 Å². The molecule has 0 spiro atoms. The van der Waals surface area contributed by atoms with E-state index in [0.29, 0.717) is 11.3 Å². The van der Waals surface area contributed by atoms with Crippen molar-refractivity contribution >= 4 is 6.29 Å². The molecule has 7 heteroatoms. The number of aryl methyl sites for hydroxylation is 1. The highest BCUT2D eigenvalue weighted by atomic mass is 16.5. The van der Waals surface area contributed by atoms with E-state index in [0.717, 1.165) is 31.4 Å². The molecule has 1 aliphatic rings. The van der Waals surface area contributed by atoms with Crippen LogP contribution in [0.2, 0.25) is 0 Å². The Bertz CT molecular complexity index is 616. The summed E-state index contributed by atoms with van der Waals surface area (Å²) in [5.74, 6) is 0. The van der Waals surface area contributed by atoms with E-state index in [2.05, 4.69) is 10.2 Å². The first-order valence-electron chi connectivity index (χ1n) is 7.51. The highest BCUT2D eigenvalue weighted by Crippen LogP contribution is 2.12. The van der Waals surface area contributed by atoms with Gasteiger partial charge in [-0.05, 0) is 32.5 Å². The van der Waals surface area contributed by atoms with E-state index in [1.165, 1.54) is 4.80 Å². The van der Waals surface area contributed by atoms with Gasteiger partial charge in [0.05, 0.1) is 31.3 Å². The molecule has 2 aromatic rings. The second kappa shape index (κ2) is 8.52. The fourth-order valence-corrected chi connectivity index (χ4v) is 2.29. The first-order chi connectivity index (χ1) is 11.2. The standard InChI is InChI=1S/C10H9N3O.C6H13NO2/c1-8-2-3-10(9(6-8)7-14)13-11-4-5-12-13;1-7-3-2-4-9-6(7)5-8/h2-7H,1H3;6,8H,2-5H2,1H3. The maximum Gasteiger partial charge on any atom is 0.152 e. The molecule has 0 aliphatic carbocycles. The average molecular weight is 318 g/mol. The minimum absolute atomic E-state index is 0.0567. The largest absolute Gasteiger partial charge is 0.392 e. The Hall–Kier alpha value is -2.09. The molecule has 1 N–H and O–H groups in total. The molecule has 7 nitrogen and oxygen atoms in total. The lowest BCUT2D eigenvalue weighted by Crippen LogP contribution is -2.42. The Morgan fingerprint density at radius 3 is 2.70 bits per heavy atom. The molecule has 2 heterocycles. The van der Waals surface area contributed by atoms with Crippen LogP contribution in [0.25, 0.3) is 5.69 Å². The predicted octanol–water partition coefficient (Wildman–Crippen LogP) is 1.05. The molecule has 124 valence electrons. The zero-order chi connectivity index (χ0) is 16.7. The molecule has 1 saturated heterocycles. The lowest BCUT2D eigenvalue weighted by atomic mass is 10.1. The SMILES string of the molecule is CN1CCCOC1CO.Cc1ccc(-n2nccn2)c(C=O)c1. The van der Waals surface area contributed by atoms with E-state index >= 15 is 0 Å². The summed E-state index contributed by atoms with van der Waals surface area (Å²) >= 11 is 0. The summed E-state index contributed by atoms with van der Waals surface area (Å²) in [7, 11) is 1.96. The topological polar surface area (TPSA) is 80.5 Å². The number of carbonyl (C=O) groups is 1. The summed E-state index contributed by atoms with van der Waals surface area (Å²) in [6.45, 7) is 3.87. The molecule has 1 aliphatic heterocycles. The number of rotatable bonds is 3. The molecule has 1 unspecified atom stereocenters. The minimum atomic E-state index is -0.0567. The molecule has 1 fully saturated rings. The number of nitrogens with zero attached hydrogens (tertiary/aromatic N) is 4. The summed E-state index contributed by atoms with van der Waals surface area (Å²) in [6, 6.07) is 5.57. The van der Waals surface area contributed by atoms with Crippen LogP contribution in [0, 0.1) is 6.92 Å². The van der Waals surface area contributed by atoms with Crippen LogP contribution in [0.15, 0.2) is 30.6 Å². The van der Waals surface area contributed by atoms with Crippen molar-refractivity contribution in [2.45, 2.75) is 19.6 Å². The van der Waals surface area contributed by atoms with E-state index in [1.54, 1.807) is 12.4 Å². The van der Waals surface area contributed by atoms with Gasteiger partial charge in [-0.1, -0.05) is 11.6 Å². The van der Waals surface area contributed by atoms with Crippen molar-refractivity contribution in [2.24, 2.45) is 0 Å². The Morgan fingerprint density at radius 1 is 1.39 bits per heavy atom. The van der Waals surface area contributed by atoms with Crippen molar-refractivity contribution in [3.63, 3.8) is 0 Å². The van der Waals surface area contributed by atoms with Gasteiger partial charge < -0.3 is 9.84 Å². The maximum atomic E-state index is 10.8. The van der Waals surface area contributed by atoms with Gasteiger partial charge in [0.15, 0.2) is 6.29 Å². The Balaban J connectivity index is 0.000000185. The lowest BCUT2D eigenvalue weighted by Gasteiger charge is -2.30. The zero-order valence-electron chi connectivity index (χ0n) is 13.4. The van der Waals surface area contributed by atoms with Crippen LogP contribution in [-0.4, -0.2) is 64.3 Å². The molecule has 3 rings (SSSR count). The highest BCUT2D eigenvalue weighted by Gasteiger charge is 2.17. The Labute approximate surface area is 135 Å². The van der Waals surface area contributed by atoms with Gasteiger partial charge in [0.2, 0.25) is 0 Å². The van der Waals surface area contributed by atoms with Gasteiger partial charge >= 0.3 is 0 Å². The van der Waals surface area contributed by atoms with Gasteiger partial charge in [-0.25, -0.2) is 0 Å². The van der Waals surface area contributed by atoms with Gasteiger partial charge in [-0.3, -0.25) is 9.69 Å². The molecule has 0 bridgehead atoms. The van der Waals surface area contributed by atoms with Crippen LogP contribution in [-0.2, 0) is 4.74 Å². The molecule has 0 saturated carbocycles. The minimum Gasteiger partial charge on any atom is -0.392 e. The molecule has 0 amide bonds. The maximum absolute atomic E-state index is 10.8. The van der Waals surface area contributed by atoms with Crippen molar-refractivity contribution in [2.75, 3.05) is 26.8 Å². The second-order valence-corrected chi connectivity index (χ2v) is 5.34. The Morgan fingerprint density at radius 2 is 2.13 bits per heavy atom. The van der Waals surface area contributed by atoms with Crippen molar-refractivity contribution in [3.05, 3.63) is 41.7 Å². The quantitative estimate of drug-likeness (QED) is 0.852. The Kier molecular flexibility index (Phi) is 6.40. The second-order valence-electron chi connectivity index (χ2n) is 5.34. The number of carbonyl (C=O) groups excluding carboxylic acids is 1. The lowest BCUT2D eigenvalue weighted by molar-refractivity contribution is -0.106. The molecule has 0 radical (unpaired) electrons. The summed E-state index contributed by atoms with van der Waals surface area (Å²) < 4.78 is 5.22. The van der Waals surface area contributed by atoms with Crippen molar-refractivity contribution in [1.82, 2.24) is 19.9 Å². The first-order valence-corrected chi connectivity index (χ1v) is 7.51. The van der Waals surface area contributed by atoms with E-state index < -0.39 is 0 Å². The van der Waals surface area contributed by atoms with E-state index in [4.69, 9.17) is 9.84 Å². The molecule has 1 aromatic heterocycles. The number of hydrogen-bond donors (Lipinski definition) is 1. The highest BCUT2D eigenvalue weighted by molar-refractivity contribution is 5.81. The number of likely N-dealkylation sites (N-methyl/N-ethyl adjacent to an activating group) is 1. The third-order valence-electron chi connectivity index (χ3n) is 3.56. The van der Waals surface area contributed by atoms with E-state index in [9.17, 15) is 4.79 Å². The van der Waals surface area contributed by atoms with Gasteiger partial charge in [-0.15, -0.1) is 0 Å². The van der Waals surface area contributed by atoms with Crippen molar-refractivity contribution in [3.8, 4) is 5.69 Å². The number of aliphatic hydroxyl groups excluding tert-OH is 1. The smallest absolute Gasteiger partial charge is 0.152 e. The van der Waals surface area contributed by atoms with Gasteiger partial charge in [0, 0.05) is 12.1 Å². The number of aldehydes is 1. The van der Waals surface area contributed by atoms with Gasteiger partial charge in [0.25, 0.3) is 0 Å². The first kappa shape index (κ1) is 17.3. The van der Waals surface area contributed by atoms with Crippen LogP contribution in [0.4, 0.5) is 0 Å². The number of ether oxygens (including phenoxy) is 1. The number of aliphatic hydroxyl groups is 1. The summed E-state index contributed by atoms with van der Waals surface area (Å²) in [4.78, 5) is 14.3. The van der Waals surface area contributed by atoms with E-state index in [1.807, 2.05) is 37.1 Å². The van der Waals surface area contributed by atoms with Crippen LogP contribution in [0.3, 0.4) is 0 Å². The summed E-state index contributed by atoms with van der Waals surface area (Å²) in [5, 5.41) is 16.6. The fourth-order valence-electron chi connectivity index (χ4n) is 2.29. The number of hydrogen-bond acceptors (Lipinski definition) is 6. The third kappa shape index (κ3) is 4.69. The third-order valence-corrected chi connectivity index (χ3v) is 3.56. The van der Waals surface area contributed by atoms with Crippen LogP contribution < -0.4 is 0 Å². The predicted molar refractivity (Wildman–Crippen MR) is 85.6 cm³/mol. The zero-order valence-corrected chi connectivity index (χ0v) is 13.4. The van der Waals surface area contributed by atoms with Crippen molar-refractivity contribution in [1.29, 1.82) is 0 Å². The van der Waals surface area contributed by atoms with Gasteiger partial charge in [-0.2, -0.15) is 15.0 Å². The fraction of sp³-hybridized carbons (Fsp3) is 0.438. The van der Waals surface area contributed by atoms with Gasteiger partial charge in [0.1, 0.15) is 6.23 Å². The molecule has 1 atom stereocenters. The molecule has 1 aromatic carbocycles. The van der Waals surface area contributed by atoms with Crippen LogP contribution in [0.5, 0.6) is 0 Å². The normalized spacial score (nSPS) is 18.1. The molecule has 23 heavy (non-hydrogen) atoms. The summed E-state index contributed by atoms with van der Waals surface area (Å²) in [5.41, 5.74) is 2.35. The monoisotopic (exact) mass is 318 g/mol. The summed E-state index contributed by atoms with van der Waals surface area (Å²) in [6.07, 6.45) is 4.99. The molecular weight excluding hydrogens is 296 g/mol.